The summed E-state index contributed by atoms with van der Waals surface area (Å²) in [6.45, 7) is 4.25. The molecule has 1 aromatic rings. The highest BCUT2D eigenvalue weighted by Gasteiger charge is 2.15. The van der Waals surface area contributed by atoms with E-state index in [-0.39, 0.29) is 12.6 Å². The van der Waals surface area contributed by atoms with E-state index in [1.807, 2.05) is 18.9 Å². The van der Waals surface area contributed by atoms with E-state index < -0.39 is 5.97 Å². The zero-order chi connectivity index (χ0) is 11.4. The van der Waals surface area contributed by atoms with Crippen LogP contribution in [0.25, 0.3) is 0 Å². The summed E-state index contributed by atoms with van der Waals surface area (Å²) in [6.07, 6.45) is 1.04. The maximum absolute atomic E-state index is 10.6. The van der Waals surface area contributed by atoms with E-state index in [4.69, 9.17) is 5.11 Å². The second kappa shape index (κ2) is 5.28. The molecule has 1 aromatic heterocycles. The van der Waals surface area contributed by atoms with Gasteiger partial charge in [0.05, 0.1) is 6.54 Å². The van der Waals surface area contributed by atoms with Crippen LogP contribution < -0.4 is 0 Å². The fourth-order valence-corrected chi connectivity index (χ4v) is 2.45. The Hall–Kier alpha value is -0.870. The summed E-state index contributed by atoms with van der Waals surface area (Å²) < 4.78 is 0. The van der Waals surface area contributed by atoms with E-state index in [0.717, 1.165) is 6.42 Å². The van der Waals surface area contributed by atoms with Crippen LogP contribution in [0.1, 0.15) is 29.6 Å². The van der Waals surface area contributed by atoms with Gasteiger partial charge in [-0.05, 0) is 32.5 Å². The molecule has 0 bridgehead atoms. The van der Waals surface area contributed by atoms with Crippen LogP contribution in [0.5, 0.6) is 0 Å². The molecule has 1 N–H and O–H groups in total. The molecule has 84 valence electrons. The Morgan fingerprint density at radius 1 is 1.60 bits per heavy atom. The van der Waals surface area contributed by atoms with Crippen LogP contribution in [0, 0.1) is 0 Å². The molecule has 0 aliphatic heterocycles. The second-order valence-corrected chi connectivity index (χ2v) is 4.84. The first-order chi connectivity index (χ1) is 7.04. The predicted molar refractivity (Wildman–Crippen MR) is 62.4 cm³/mol. The summed E-state index contributed by atoms with van der Waals surface area (Å²) in [5, 5.41) is 8.69. The molecule has 0 spiro atoms. The Morgan fingerprint density at radius 3 is 2.73 bits per heavy atom. The molecule has 0 aromatic carbocycles. The second-order valence-electron chi connectivity index (χ2n) is 3.64. The fourth-order valence-electron chi connectivity index (χ4n) is 1.38. The maximum atomic E-state index is 10.6. The number of likely N-dealkylation sites (N-methyl/N-ethyl adjacent to an activating group) is 1. The lowest BCUT2D eigenvalue weighted by molar-refractivity contribution is -0.138. The zero-order valence-electron chi connectivity index (χ0n) is 9.36. The molecule has 15 heavy (non-hydrogen) atoms. The lowest BCUT2D eigenvalue weighted by atomic mass is 10.2. The number of nitrogens with zero attached hydrogens (tertiary/aromatic N) is 1. The average molecular weight is 227 g/mol. The van der Waals surface area contributed by atoms with Crippen molar-refractivity contribution < 1.29 is 9.90 Å². The zero-order valence-corrected chi connectivity index (χ0v) is 10.2. The van der Waals surface area contributed by atoms with Crippen LogP contribution >= 0.6 is 11.3 Å². The topological polar surface area (TPSA) is 40.5 Å². The van der Waals surface area contributed by atoms with Gasteiger partial charge in [0, 0.05) is 15.8 Å². The molecular formula is C11H17NO2S. The van der Waals surface area contributed by atoms with Crippen LogP contribution in [0.3, 0.4) is 0 Å². The minimum atomic E-state index is -0.781. The highest BCUT2D eigenvalue weighted by atomic mass is 32.1. The number of hydrogen-bond acceptors (Lipinski definition) is 3. The van der Waals surface area contributed by atoms with Gasteiger partial charge in [0.25, 0.3) is 0 Å². The van der Waals surface area contributed by atoms with Crippen molar-refractivity contribution in [1.29, 1.82) is 0 Å². The Kier molecular flexibility index (Phi) is 4.29. The smallest absolute Gasteiger partial charge is 0.317 e. The molecule has 0 saturated heterocycles. The highest BCUT2D eigenvalue weighted by molar-refractivity contribution is 7.12. The molecule has 0 saturated carbocycles. The molecule has 1 heterocycles. The molecule has 3 nitrogen and oxygen atoms in total. The average Bonchev–Trinajstić information content (AvgIpc) is 2.63. The monoisotopic (exact) mass is 227 g/mol. The first kappa shape index (κ1) is 12.2. The van der Waals surface area contributed by atoms with Crippen LogP contribution in [-0.2, 0) is 11.2 Å². The number of rotatable bonds is 5. The SMILES string of the molecule is CCc1ccc(C(C)N(C)CC(=O)O)s1. The molecule has 0 amide bonds. The normalized spacial score (nSPS) is 13.1. The molecule has 0 radical (unpaired) electrons. The molecule has 0 fully saturated rings. The van der Waals surface area contributed by atoms with Crippen LogP contribution in [0.15, 0.2) is 12.1 Å². The lowest BCUT2D eigenvalue weighted by Gasteiger charge is -2.21. The summed E-state index contributed by atoms with van der Waals surface area (Å²) >= 11 is 1.76. The van der Waals surface area contributed by atoms with Gasteiger partial charge in [-0.1, -0.05) is 6.92 Å². The van der Waals surface area contributed by atoms with Gasteiger partial charge < -0.3 is 5.11 Å². The van der Waals surface area contributed by atoms with Crippen molar-refractivity contribution in [3.63, 3.8) is 0 Å². The van der Waals surface area contributed by atoms with Crippen molar-refractivity contribution in [3.05, 3.63) is 21.9 Å². The van der Waals surface area contributed by atoms with E-state index in [0.29, 0.717) is 0 Å². The van der Waals surface area contributed by atoms with Crippen molar-refractivity contribution in [2.24, 2.45) is 0 Å². The largest absolute Gasteiger partial charge is 0.480 e. The quantitative estimate of drug-likeness (QED) is 0.839. The number of aryl methyl sites for hydroxylation is 1. The Labute approximate surface area is 94.3 Å². The molecule has 1 rings (SSSR count). The van der Waals surface area contributed by atoms with E-state index >= 15 is 0 Å². The minimum Gasteiger partial charge on any atom is -0.480 e. The summed E-state index contributed by atoms with van der Waals surface area (Å²) in [5.74, 6) is -0.781. The summed E-state index contributed by atoms with van der Waals surface area (Å²) in [5.41, 5.74) is 0. The van der Waals surface area contributed by atoms with Crippen molar-refractivity contribution >= 4 is 17.3 Å². The van der Waals surface area contributed by atoms with Gasteiger partial charge in [0.15, 0.2) is 0 Å². The van der Waals surface area contributed by atoms with Crippen molar-refractivity contribution in [2.75, 3.05) is 13.6 Å². The minimum absolute atomic E-state index is 0.0839. The number of aliphatic carboxylic acids is 1. The van der Waals surface area contributed by atoms with Crippen LogP contribution in [0.4, 0.5) is 0 Å². The van der Waals surface area contributed by atoms with Crippen molar-refractivity contribution in [3.8, 4) is 0 Å². The lowest BCUT2D eigenvalue weighted by Crippen LogP contribution is -2.27. The first-order valence-electron chi connectivity index (χ1n) is 5.05. The van der Waals surface area contributed by atoms with Gasteiger partial charge in [-0.3, -0.25) is 9.69 Å². The highest BCUT2D eigenvalue weighted by Crippen LogP contribution is 2.26. The Bertz CT molecular complexity index is 335. The summed E-state index contributed by atoms with van der Waals surface area (Å²) in [4.78, 5) is 15.0. The number of thiophene rings is 1. The van der Waals surface area contributed by atoms with Gasteiger partial charge in [-0.25, -0.2) is 0 Å². The number of carboxylic acid groups (broad SMARTS) is 1. The molecular weight excluding hydrogens is 210 g/mol. The molecule has 0 aliphatic rings. The molecule has 4 heteroatoms. The summed E-state index contributed by atoms with van der Waals surface area (Å²) in [6, 6.07) is 4.38. The number of carboxylic acids is 1. The number of carbonyl (C=O) groups is 1. The van der Waals surface area contributed by atoms with Gasteiger partial charge in [0.1, 0.15) is 0 Å². The first-order valence-corrected chi connectivity index (χ1v) is 5.87. The van der Waals surface area contributed by atoms with Gasteiger partial charge in [-0.2, -0.15) is 0 Å². The molecule has 0 aliphatic carbocycles. The molecule has 1 atom stereocenters. The third kappa shape index (κ3) is 3.32. The van der Waals surface area contributed by atoms with E-state index in [9.17, 15) is 4.79 Å². The number of hydrogen-bond donors (Lipinski definition) is 1. The van der Waals surface area contributed by atoms with Crippen molar-refractivity contribution in [2.45, 2.75) is 26.3 Å². The Morgan fingerprint density at radius 2 is 2.27 bits per heavy atom. The van der Waals surface area contributed by atoms with Gasteiger partial charge in [-0.15, -0.1) is 11.3 Å². The van der Waals surface area contributed by atoms with Gasteiger partial charge >= 0.3 is 5.97 Å². The predicted octanol–water partition coefficient (Wildman–Crippen LogP) is 2.39. The van der Waals surface area contributed by atoms with E-state index in [1.165, 1.54) is 9.75 Å². The third-order valence-corrected chi connectivity index (χ3v) is 3.89. The van der Waals surface area contributed by atoms with E-state index in [1.54, 1.807) is 11.3 Å². The molecule has 1 unspecified atom stereocenters. The maximum Gasteiger partial charge on any atom is 0.317 e. The van der Waals surface area contributed by atoms with Crippen LogP contribution in [-0.4, -0.2) is 29.6 Å². The Balaban J connectivity index is 2.66. The fraction of sp³-hybridized carbons (Fsp3) is 0.545. The van der Waals surface area contributed by atoms with Crippen LogP contribution in [0.2, 0.25) is 0 Å². The summed E-state index contributed by atoms with van der Waals surface area (Å²) in [7, 11) is 1.84. The van der Waals surface area contributed by atoms with Gasteiger partial charge in [0.2, 0.25) is 0 Å². The van der Waals surface area contributed by atoms with Crippen molar-refractivity contribution in [1.82, 2.24) is 4.90 Å². The van der Waals surface area contributed by atoms with E-state index in [2.05, 4.69) is 19.1 Å². The standard InChI is InChI=1S/C11H17NO2S/c1-4-9-5-6-10(15-9)8(2)12(3)7-11(13)14/h5-6,8H,4,7H2,1-3H3,(H,13,14). The third-order valence-electron chi connectivity index (χ3n) is 2.49.